The first-order valence-electron chi connectivity index (χ1n) is 7.63. The second kappa shape index (κ2) is 6.38. The summed E-state index contributed by atoms with van der Waals surface area (Å²) in [7, 11) is -3.67. The molecule has 0 spiro atoms. The van der Waals surface area contributed by atoms with Gasteiger partial charge in [0.15, 0.2) is 0 Å². The molecule has 1 aliphatic rings. The third kappa shape index (κ3) is 3.33. The van der Waals surface area contributed by atoms with Crippen molar-refractivity contribution in [2.24, 2.45) is 10.5 Å². The Labute approximate surface area is 132 Å². The number of hydrogen-bond donors (Lipinski definition) is 2. The predicted molar refractivity (Wildman–Crippen MR) is 87.2 cm³/mol. The van der Waals surface area contributed by atoms with Crippen LogP contribution in [0.15, 0.2) is 34.3 Å². The van der Waals surface area contributed by atoms with Crippen molar-refractivity contribution < 1.29 is 13.5 Å². The summed E-state index contributed by atoms with van der Waals surface area (Å²) < 4.78 is 24.6. The number of nitrogens with zero attached hydrogens (tertiary/aromatic N) is 1. The summed E-state index contributed by atoms with van der Waals surface area (Å²) in [6, 6.07) is 6.63. The molecule has 0 bridgehead atoms. The van der Waals surface area contributed by atoms with Crippen molar-refractivity contribution in [2.45, 2.75) is 57.5 Å². The van der Waals surface area contributed by atoms with Crippen LogP contribution in [0.5, 0.6) is 0 Å². The standard InChI is InChI=1S/C16H24N2O3S/c1-4-16(3)14(6-5-7-15(16)19)17-18-22(20,21)13-10-8-12(2)9-11-13/h8-11,15,18-19H,4-7H2,1-3H3/b17-14+/t15-,16+/m0/s1. The van der Waals surface area contributed by atoms with Crippen LogP contribution in [0.25, 0.3) is 0 Å². The minimum Gasteiger partial charge on any atom is -0.392 e. The van der Waals surface area contributed by atoms with Crippen molar-refractivity contribution in [3.63, 3.8) is 0 Å². The highest BCUT2D eigenvalue weighted by Gasteiger charge is 2.39. The van der Waals surface area contributed by atoms with E-state index in [1.54, 1.807) is 24.3 Å². The quantitative estimate of drug-likeness (QED) is 0.836. The van der Waals surface area contributed by atoms with Gasteiger partial charge >= 0.3 is 0 Å². The van der Waals surface area contributed by atoms with E-state index in [0.717, 1.165) is 30.5 Å². The summed E-state index contributed by atoms with van der Waals surface area (Å²) in [6.45, 7) is 5.83. The molecular weight excluding hydrogens is 300 g/mol. The van der Waals surface area contributed by atoms with Crippen LogP contribution in [0, 0.1) is 12.3 Å². The number of benzene rings is 1. The summed E-state index contributed by atoms with van der Waals surface area (Å²) in [5, 5.41) is 14.4. The largest absolute Gasteiger partial charge is 0.392 e. The highest BCUT2D eigenvalue weighted by atomic mass is 32.2. The van der Waals surface area contributed by atoms with Crippen molar-refractivity contribution in [1.82, 2.24) is 4.83 Å². The fraction of sp³-hybridized carbons (Fsp3) is 0.562. The number of hydrazone groups is 1. The first-order chi connectivity index (χ1) is 10.3. The van der Waals surface area contributed by atoms with Gasteiger partial charge in [-0.1, -0.05) is 31.5 Å². The highest BCUT2D eigenvalue weighted by molar-refractivity contribution is 7.89. The Balaban J connectivity index is 2.24. The number of aliphatic hydroxyl groups excluding tert-OH is 1. The maximum Gasteiger partial charge on any atom is 0.276 e. The first-order valence-corrected chi connectivity index (χ1v) is 9.11. The second-order valence-corrected chi connectivity index (χ2v) is 7.81. The summed E-state index contributed by atoms with van der Waals surface area (Å²) in [4.78, 5) is 2.52. The summed E-state index contributed by atoms with van der Waals surface area (Å²) >= 11 is 0. The van der Waals surface area contributed by atoms with Crippen LogP contribution < -0.4 is 4.83 Å². The van der Waals surface area contributed by atoms with Crippen LogP contribution in [0.1, 0.15) is 45.1 Å². The molecule has 0 heterocycles. The number of nitrogens with one attached hydrogen (secondary N) is 1. The van der Waals surface area contributed by atoms with Crippen LogP contribution >= 0.6 is 0 Å². The maximum atomic E-state index is 12.3. The van der Waals surface area contributed by atoms with Crippen LogP contribution in [-0.2, 0) is 10.0 Å². The third-order valence-electron chi connectivity index (χ3n) is 4.65. The zero-order valence-corrected chi connectivity index (χ0v) is 14.2. The van der Waals surface area contributed by atoms with Crippen LogP contribution in [0.4, 0.5) is 0 Å². The van der Waals surface area contributed by atoms with Gasteiger partial charge in [-0.15, -0.1) is 0 Å². The van der Waals surface area contributed by atoms with Crippen LogP contribution in [0.3, 0.4) is 0 Å². The monoisotopic (exact) mass is 324 g/mol. The minimum absolute atomic E-state index is 0.192. The van der Waals surface area contributed by atoms with Crippen LogP contribution in [-0.4, -0.2) is 25.3 Å². The van der Waals surface area contributed by atoms with E-state index in [1.165, 1.54) is 0 Å². The Morgan fingerprint density at radius 3 is 2.59 bits per heavy atom. The fourth-order valence-electron chi connectivity index (χ4n) is 2.77. The van der Waals surface area contributed by atoms with Crippen LogP contribution in [0.2, 0.25) is 0 Å². The molecule has 2 atom stereocenters. The molecule has 0 aliphatic heterocycles. The average Bonchev–Trinajstić information content (AvgIpc) is 2.49. The van der Waals surface area contributed by atoms with E-state index in [1.807, 2.05) is 20.8 Å². The Bertz CT molecular complexity index is 652. The van der Waals surface area contributed by atoms with E-state index < -0.39 is 21.5 Å². The number of rotatable bonds is 4. The zero-order valence-electron chi connectivity index (χ0n) is 13.3. The average molecular weight is 324 g/mol. The molecule has 1 aliphatic carbocycles. The molecule has 0 amide bonds. The lowest BCUT2D eigenvalue weighted by atomic mass is 9.70. The van der Waals surface area contributed by atoms with E-state index in [0.29, 0.717) is 6.42 Å². The normalized spacial score (nSPS) is 27.8. The van der Waals surface area contributed by atoms with E-state index >= 15 is 0 Å². The zero-order chi connectivity index (χ0) is 16.4. The maximum absolute atomic E-state index is 12.3. The molecule has 0 aromatic heterocycles. The van der Waals surface area contributed by atoms with Gasteiger partial charge in [0.05, 0.1) is 11.0 Å². The van der Waals surface area contributed by atoms with Crippen molar-refractivity contribution in [2.75, 3.05) is 0 Å². The topological polar surface area (TPSA) is 78.8 Å². The van der Waals surface area contributed by atoms with Gasteiger partial charge in [0.2, 0.25) is 0 Å². The lowest BCUT2D eigenvalue weighted by molar-refractivity contribution is 0.0596. The molecule has 0 saturated heterocycles. The van der Waals surface area contributed by atoms with Gasteiger partial charge in [0, 0.05) is 11.1 Å². The molecule has 1 saturated carbocycles. The summed E-state index contributed by atoms with van der Waals surface area (Å²) in [6.07, 6.45) is 2.50. The highest BCUT2D eigenvalue weighted by Crippen LogP contribution is 2.36. The minimum atomic E-state index is -3.67. The Morgan fingerprint density at radius 1 is 1.36 bits per heavy atom. The molecule has 122 valence electrons. The van der Waals surface area contributed by atoms with Gasteiger partial charge in [-0.3, -0.25) is 0 Å². The Hall–Kier alpha value is -1.40. The van der Waals surface area contributed by atoms with Gasteiger partial charge in [-0.25, -0.2) is 4.83 Å². The molecule has 2 N–H and O–H groups in total. The summed E-state index contributed by atoms with van der Waals surface area (Å²) in [5.74, 6) is 0. The smallest absolute Gasteiger partial charge is 0.276 e. The van der Waals surface area contributed by atoms with Crippen molar-refractivity contribution in [3.05, 3.63) is 29.8 Å². The molecule has 0 radical (unpaired) electrons. The second-order valence-electron chi connectivity index (χ2n) is 6.15. The van der Waals surface area contributed by atoms with Gasteiger partial charge in [-0.2, -0.15) is 13.5 Å². The van der Waals surface area contributed by atoms with E-state index in [-0.39, 0.29) is 4.90 Å². The molecule has 1 aromatic carbocycles. The van der Waals surface area contributed by atoms with E-state index in [9.17, 15) is 13.5 Å². The lowest BCUT2D eigenvalue weighted by Gasteiger charge is -2.38. The number of aryl methyl sites for hydroxylation is 1. The first kappa shape index (κ1) is 17.0. The van der Waals surface area contributed by atoms with Gasteiger partial charge < -0.3 is 5.11 Å². The third-order valence-corrected chi connectivity index (χ3v) is 5.88. The van der Waals surface area contributed by atoms with E-state index in [2.05, 4.69) is 9.93 Å². The number of aliphatic hydroxyl groups is 1. The Morgan fingerprint density at radius 2 is 2.00 bits per heavy atom. The molecule has 1 fully saturated rings. The van der Waals surface area contributed by atoms with Crippen molar-refractivity contribution >= 4 is 15.7 Å². The molecule has 2 rings (SSSR count). The molecule has 22 heavy (non-hydrogen) atoms. The molecular formula is C16H24N2O3S. The summed E-state index contributed by atoms with van der Waals surface area (Å²) in [5.41, 5.74) is 1.26. The van der Waals surface area contributed by atoms with Gasteiger partial charge in [0.1, 0.15) is 0 Å². The molecule has 0 unspecified atom stereocenters. The van der Waals surface area contributed by atoms with Gasteiger partial charge in [0.25, 0.3) is 10.0 Å². The fourth-order valence-corrected chi connectivity index (χ4v) is 3.60. The molecule has 5 nitrogen and oxygen atoms in total. The SMILES string of the molecule is CC[C@]1(C)/C(=N/NS(=O)(=O)c2ccc(C)cc2)CCC[C@@H]1O. The molecule has 1 aromatic rings. The number of hydrogen-bond acceptors (Lipinski definition) is 4. The van der Waals surface area contributed by atoms with E-state index in [4.69, 9.17) is 0 Å². The lowest BCUT2D eigenvalue weighted by Crippen LogP contribution is -2.43. The van der Waals surface area contributed by atoms with Gasteiger partial charge in [-0.05, 0) is 44.7 Å². The molecule has 6 heteroatoms. The number of sulfonamides is 1. The Kier molecular flexibility index (Phi) is 4.92. The van der Waals surface area contributed by atoms with Crippen molar-refractivity contribution in [3.8, 4) is 0 Å². The predicted octanol–water partition coefficient (Wildman–Crippen LogP) is 2.59. The van der Waals surface area contributed by atoms with Crippen molar-refractivity contribution in [1.29, 1.82) is 0 Å².